The SMILES string of the molecule is CC1(C)c2cccc(-c3ccc(CNC(/N=C(\N)c4ccccc4)c4ccccc4)cc3)c2Oc2c(-c3ccc(C4=NC(c5ccccc5)N=C(c5ccccc5)N4)cc3)cccc21. The van der Waals surface area contributed by atoms with E-state index < -0.39 is 0 Å². The summed E-state index contributed by atoms with van der Waals surface area (Å²) in [4.78, 5) is 15.0. The second kappa shape index (κ2) is 17.5. The minimum Gasteiger partial charge on any atom is -0.455 e. The van der Waals surface area contributed by atoms with Crippen molar-refractivity contribution in [3.63, 3.8) is 0 Å². The second-order valence-corrected chi connectivity index (χ2v) is 16.7. The molecule has 4 N–H and O–H groups in total. The smallest absolute Gasteiger partial charge is 0.169 e. The summed E-state index contributed by atoms with van der Waals surface area (Å²) in [6, 6.07) is 70.8. The molecule has 2 atom stereocenters. The van der Waals surface area contributed by atoms with E-state index in [-0.39, 0.29) is 17.7 Å². The van der Waals surface area contributed by atoms with Crippen LogP contribution in [0.4, 0.5) is 0 Å². The van der Waals surface area contributed by atoms with Crippen molar-refractivity contribution in [3.8, 4) is 33.8 Å². The fourth-order valence-corrected chi connectivity index (χ4v) is 8.61. The van der Waals surface area contributed by atoms with Gasteiger partial charge in [-0.1, -0.05) is 220 Å². The third kappa shape index (κ3) is 8.13. The van der Waals surface area contributed by atoms with Crippen LogP contribution in [0.5, 0.6) is 11.5 Å². The molecule has 2 unspecified atom stereocenters. The van der Waals surface area contributed by atoms with Gasteiger partial charge in [-0.15, -0.1) is 0 Å². The number of amidine groups is 3. The van der Waals surface area contributed by atoms with E-state index in [9.17, 15) is 0 Å². The molecular formula is C57H48N6O. The van der Waals surface area contributed by atoms with Crippen molar-refractivity contribution in [2.75, 3.05) is 0 Å². The Morgan fingerprint density at radius 2 is 1.06 bits per heavy atom. The Morgan fingerprint density at radius 3 is 1.64 bits per heavy atom. The summed E-state index contributed by atoms with van der Waals surface area (Å²) < 4.78 is 7.10. The lowest BCUT2D eigenvalue weighted by atomic mass is 9.74. The number of fused-ring (bicyclic) bond motifs is 2. The molecule has 7 nitrogen and oxygen atoms in total. The van der Waals surface area contributed by atoms with E-state index >= 15 is 0 Å². The van der Waals surface area contributed by atoms with Crippen LogP contribution in [0, 0.1) is 0 Å². The molecule has 2 heterocycles. The van der Waals surface area contributed by atoms with Gasteiger partial charge in [-0.05, 0) is 27.8 Å². The Kier molecular flexibility index (Phi) is 11.0. The lowest BCUT2D eigenvalue weighted by Gasteiger charge is -2.36. The van der Waals surface area contributed by atoms with Gasteiger partial charge in [0.2, 0.25) is 0 Å². The molecule has 0 saturated heterocycles. The number of hydrogen-bond acceptors (Lipinski definition) is 6. The lowest BCUT2D eigenvalue weighted by molar-refractivity contribution is 0.421. The molecular weight excluding hydrogens is 785 g/mol. The maximum atomic E-state index is 7.10. The molecule has 0 radical (unpaired) electrons. The van der Waals surface area contributed by atoms with Crippen molar-refractivity contribution in [1.82, 2.24) is 10.6 Å². The number of hydrogen-bond donors (Lipinski definition) is 3. The lowest BCUT2D eigenvalue weighted by Crippen LogP contribution is -2.36. The summed E-state index contributed by atoms with van der Waals surface area (Å²) in [5.41, 5.74) is 18.8. The van der Waals surface area contributed by atoms with Gasteiger partial charge in [-0.2, -0.15) is 0 Å². The molecule has 10 rings (SSSR count). The molecule has 0 aliphatic carbocycles. The molecule has 8 aromatic carbocycles. The topological polar surface area (TPSA) is 96.4 Å². The fraction of sp³-hybridized carbons (Fsp3) is 0.105. The summed E-state index contributed by atoms with van der Waals surface area (Å²) in [6.45, 7) is 5.18. The van der Waals surface area contributed by atoms with Crippen molar-refractivity contribution in [3.05, 3.63) is 251 Å². The average Bonchev–Trinajstić information content (AvgIpc) is 3.36. The third-order valence-corrected chi connectivity index (χ3v) is 12.2. The molecule has 7 heteroatoms. The van der Waals surface area contributed by atoms with Gasteiger partial charge >= 0.3 is 0 Å². The van der Waals surface area contributed by atoms with Crippen LogP contribution in [-0.4, -0.2) is 17.5 Å². The van der Waals surface area contributed by atoms with Gasteiger partial charge in [0.25, 0.3) is 0 Å². The van der Waals surface area contributed by atoms with Crippen LogP contribution in [-0.2, 0) is 12.0 Å². The molecule has 2 aliphatic rings. The van der Waals surface area contributed by atoms with Gasteiger partial charge < -0.3 is 15.8 Å². The molecule has 2 aliphatic heterocycles. The highest BCUT2D eigenvalue weighted by molar-refractivity contribution is 6.16. The van der Waals surface area contributed by atoms with E-state index in [0.717, 1.165) is 89.9 Å². The molecule has 8 aromatic rings. The van der Waals surface area contributed by atoms with Crippen molar-refractivity contribution >= 4 is 17.5 Å². The summed E-state index contributed by atoms with van der Waals surface area (Å²) in [6.07, 6.45) is -0.669. The van der Waals surface area contributed by atoms with E-state index in [0.29, 0.717) is 12.4 Å². The largest absolute Gasteiger partial charge is 0.455 e. The van der Waals surface area contributed by atoms with Crippen LogP contribution < -0.4 is 21.1 Å². The van der Waals surface area contributed by atoms with E-state index in [1.54, 1.807) is 0 Å². The van der Waals surface area contributed by atoms with Crippen LogP contribution >= 0.6 is 0 Å². The number of para-hydroxylation sites is 2. The molecule has 0 saturated carbocycles. The van der Waals surface area contributed by atoms with Crippen molar-refractivity contribution < 1.29 is 4.74 Å². The Labute approximate surface area is 374 Å². The first kappa shape index (κ1) is 40.2. The molecule has 0 fully saturated rings. The summed E-state index contributed by atoms with van der Waals surface area (Å²) in [5.74, 6) is 3.82. The van der Waals surface area contributed by atoms with Gasteiger partial charge in [0.1, 0.15) is 35.2 Å². The summed E-state index contributed by atoms with van der Waals surface area (Å²) >= 11 is 0. The van der Waals surface area contributed by atoms with Crippen LogP contribution in [0.25, 0.3) is 22.3 Å². The Balaban J connectivity index is 0.916. The normalized spacial score (nSPS) is 15.7. The predicted molar refractivity (Wildman–Crippen MR) is 261 cm³/mol. The Hall–Kier alpha value is -7.87. The first-order chi connectivity index (χ1) is 31.4. The second-order valence-electron chi connectivity index (χ2n) is 16.7. The number of benzene rings is 8. The minimum absolute atomic E-state index is 0.310. The maximum Gasteiger partial charge on any atom is 0.169 e. The third-order valence-electron chi connectivity index (χ3n) is 12.2. The standard InChI is InChI=1S/C57H48N6O/c1-57(2)48-27-15-25-46(39-31-29-38(30-32-39)37-59-53(42-19-9-4-10-20-42)60-52(58)41-17-7-3-8-18-41)50(48)64-51-47(26-16-28-49(51)57)40-33-35-45(36-34-40)56-62-54(43-21-11-5-12-22-43)61-55(63-56)44-23-13-6-14-24-44/h3-36,53-54,59H,37H2,1-2H3,(H2,58,60)(H,61,62,63). The van der Waals surface area contributed by atoms with Gasteiger partial charge in [-0.3, -0.25) is 5.32 Å². The van der Waals surface area contributed by atoms with Crippen molar-refractivity contribution in [2.45, 2.75) is 38.1 Å². The van der Waals surface area contributed by atoms with E-state index in [1.807, 2.05) is 84.9 Å². The molecule has 64 heavy (non-hydrogen) atoms. The molecule has 0 bridgehead atoms. The van der Waals surface area contributed by atoms with Gasteiger partial charge in [0, 0.05) is 50.9 Å². The zero-order valence-corrected chi connectivity index (χ0v) is 35.8. The van der Waals surface area contributed by atoms with Gasteiger partial charge in [0.15, 0.2) is 6.17 Å². The number of nitrogens with two attached hydrogens (primary N) is 1. The first-order valence-corrected chi connectivity index (χ1v) is 21.7. The van der Waals surface area contributed by atoms with Crippen molar-refractivity contribution in [2.24, 2.45) is 20.7 Å². The zero-order valence-electron chi connectivity index (χ0n) is 35.8. The molecule has 0 spiro atoms. The van der Waals surface area contributed by atoms with Gasteiger partial charge in [-0.25, -0.2) is 15.0 Å². The highest BCUT2D eigenvalue weighted by atomic mass is 16.5. The number of nitrogens with one attached hydrogen (secondary N) is 2. The van der Waals surface area contributed by atoms with Crippen LogP contribution in [0.3, 0.4) is 0 Å². The highest BCUT2D eigenvalue weighted by Gasteiger charge is 2.37. The highest BCUT2D eigenvalue weighted by Crippen LogP contribution is 2.53. The minimum atomic E-state index is -0.358. The van der Waals surface area contributed by atoms with Crippen LogP contribution in [0.1, 0.15) is 70.7 Å². The van der Waals surface area contributed by atoms with E-state index in [4.69, 9.17) is 25.4 Å². The molecule has 312 valence electrons. The predicted octanol–water partition coefficient (Wildman–Crippen LogP) is 12.1. The zero-order chi connectivity index (χ0) is 43.5. The Morgan fingerprint density at radius 1 is 0.578 bits per heavy atom. The average molecular weight is 833 g/mol. The fourth-order valence-electron chi connectivity index (χ4n) is 8.61. The number of aliphatic imine (C=N–C) groups is 3. The van der Waals surface area contributed by atoms with Gasteiger partial charge in [0.05, 0.1) is 0 Å². The quantitative estimate of drug-likeness (QED) is 0.0893. The molecule has 0 aromatic heterocycles. The van der Waals surface area contributed by atoms with E-state index in [1.165, 1.54) is 0 Å². The number of rotatable bonds is 11. The van der Waals surface area contributed by atoms with E-state index in [2.05, 4.69) is 146 Å². The first-order valence-electron chi connectivity index (χ1n) is 21.7. The van der Waals surface area contributed by atoms with Crippen LogP contribution in [0.2, 0.25) is 0 Å². The maximum absolute atomic E-state index is 7.10. The molecule has 0 amide bonds. The van der Waals surface area contributed by atoms with Crippen LogP contribution in [0.15, 0.2) is 221 Å². The number of ether oxygens (including phenoxy) is 1. The summed E-state index contributed by atoms with van der Waals surface area (Å²) in [5, 5.41) is 7.17. The number of nitrogens with zero attached hydrogens (tertiary/aromatic N) is 3. The summed E-state index contributed by atoms with van der Waals surface area (Å²) in [7, 11) is 0. The van der Waals surface area contributed by atoms with Crippen molar-refractivity contribution in [1.29, 1.82) is 0 Å². The monoisotopic (exact) mass is 832 g/mol. The Bertz CT molecular complexity index is 3000.